The Labute approximate surface area is 113 Å². The van der Waals surface area contributed by atoms with E-state index in [1.54, 1.807) is 6.08 Å². The van der Waals surface area contributed by atoms with Crippen LogP contribution in [0.5, 0.6) is 0 Å². The molecule has 0 aliphatic rings. The third-order valence-corrected chi connectivity index (χ3v) is 2.70. The van der Waals surface area contributed by atoms with Crippen molar-refractivity contribution in [1.82, 2.24) is 0 Å². The van der Waals surface area contributed by atoms with Gasteiger partial charge in [-0.05, 0) is 35.2 Å². The summed E-state index contributed by atoms with van der Waals surface area (Å²) in [6.07, 6.45) is 9.51. The average Bonchev–Trinajstić information content (AvgIpc) is 2.24. The van der Waals surface area contributed by atoms with E-state index in [2.05, 4.69) is 59.3 Å². The first kappa shape index (κ1) is 15.4. The van der Waals surface area contributed by atoms with Crippen LogP contribution < -0.4 is 0 Å². The van der Waals surface area contributed by atoms with Gasteiger partial charge in [0, 0.05) is 29.0 Å². The van der Waals surface area contributed by atoms with E-state index in [-0.39, 0.29) is 5.41 Å². The Morgan fingerprint density at radius 2 is 2.12 bits per heavy atom. The fraction of sp³-hybridized carbons (Fsp3) is 0.500. The quantitative estimate of drug-likeness (QED) is 0.234. The summed E-state index contributed by atoms with van der Waals surface area (Å²) in [5, 5.41) is 0. The van der Waals surface area contributed by atoms with Gasteiger partial charge >= 0.3 is 0 Å². The maximum atomic E-state index is 10.2. The Kier molecular flexibility index (Phi) is 8.28. The van der Waals surface area contributed by atoms with Crippen molar-refractivity contribution in [2.24, 2.45) is 5.41 Å². The number of rotatable bonds is 6. The predicted molar refractivity (Wildman–Crippen MR) is 78.4 cm³/mol. The van der Waals surface area contributed by atoms with Gasteiger partial charge in [0.15, 0.2) is 0 Å². The number of halogens is 1. The monoisotopic (exact) mass is 330 g/mol. The van der Waals surface area contributed by atoms with E-state index in [9.17, 15) is 4.79 Å². The van der Waals surface area contributed by atoms with Crippen LogP contribution in [-0.4, -0.2) is 6.29 Å². The number of carbonyl (C=O) groups excluding carboxylic acids is 1. The van der Waals surface area contributed by atoms with Crippen LogP contribution >= 0.6 is 22.6 Å². The molecule has 0 heterocycles. The van der Waals surface area contributed by atoms with Gasteiger partial charge in [-0.1, -0.05) is 37.5 Å². The second-order valence-electron chi connectivity index (χ2n) is 4.51. The minimum Gasteiger partial charge on any atom is -0.299 e. The molecule has 0 bridgehead atoms. The SMILES string of the molecule is C/C(=C\CC(C)(C)/C=C/C=O)CCC#CI. The van der Waals surface area contributed by atoms with E-state index in [0.717, 1.165) is 25.5 Å². The van der Waals surface area contributed by atoms with Crippen LogP contribution in [0.4, 0.5) is 0 Å². The van der Waals surface area contributed by atoms with Gasteiger partial charge < -0.3 is 0 Å². The van der Waals surface area contributed by atoms with E-state index >= 15 is 0 Å². The normalized spacial score (nSPS) is 12.4. The standard InChI is InChI=1S/C14H19IO/c1-13(7-4-5-11-15)8-10-14(2,3)9-6-12-16/h6,8-9,12H,4,7,10H2,1-3H3/b9-6+,13-8+. The lowest BCUT2D eigenvalue weighted by atomic mass is 9.88. The first-order chi connectivity index (χ1) is 7.52. The van der Waals surface area contributed by atoms with Crippen molar-refractivity contribution in [1.29, 1.82) is 0 Å². The number of hydrogen-bond donors (Lipinski definition) is 0. The molecule has 0 aromatic carbocycles. The molecule has 0 saturated carbocycles. The lowest BCUT2D eigenvalue weighted by molar-refractivity contribution is -0.104. The van der Waals surface area contributed by atoms with Gasteiger partial charge in [-0.2, -0.15) is 0 Å². The lowest BCUT2D eigenvalue weighted by Crippen LogP contribution is -2.05. The van der Waals surface area contributed by atoms with Crippen LogP contribution in [0.1, 0.15) is 40.0 Å². The van der Waals surface area contributed by atoms with Crippen molar-refractivity contribution in [3.05, 3.63) is 23.8 Å². The molecule has 0 aliphatic heterocycles. The summed E-state index contributed by atoms with van der Waals surface area (Å²) in [6, 6.07) is 0. The summed E-state index contributed by atoms with van der Waals surface area (Å²) in [4.78, 5) is 10.2. The zero-order valence-electron chi connectivity index (χ0n) is 10.2. The largest absolute Gasteiger partial charge is 0.299 e. The van der Waals surface area contributed by atoms with Crippen molar-refractivity contribution < 1.29 is 4.79 Å². The smallest absolute Gasteiger partial charge is 0.142 e. The molecule has 0 aromatic heterocycles. The Hall–Kier alpha value is -0.560. The maximum absolute atomic E-state index is 10.2. The summed E-state index contributed by atoms with van der Waals surface area (Å²) < 4.78 is 2.87. The Morgan fingerprint density at radius 1 is 1.44 bits per heavy atom. The van der Waals surface area contributed by atoms with E-state index in [0.29, 0.717) is 0 Å². The van der Waals surface area contributed by atoms with Gasteiger partial charge in [-0.25, -0.2) is 0 Å². The molecule has 0 spiro atoms. The second-order valence-corrected chi connectivity index (χ2v) is 5.05. The predicted octanol–water partition coefficient (Wildman–Crippen LogP) is 4.28. The highest BCUT2D eigenvalue weighted by molar-refractivity contribution is 14.1. The number of aldehydes is 1. The highest BCUT2D eigenvalue weighted by Crippen LogP contribution is 2.23. The first-order valence-corrected chi connectivity index (χ1v) is 6.47. The number of allylic oxidation sites excluding steroid dienone is 4. The Morgan fingerprint density at radius 3 is 2.69 bits per heavy atom. The van der Waals surface area contributed by atoms with E-state index in [1.807, 2.05) is 6.08 Å². The molecule has 0 amide bonds. The molecule has 0 radical (unpaired) electrons. The molecular formula is C14H19IO. The molecular weight excluding hydrogens is 311 g/mol. The van der Waals surface area contributed by atoms with Gasteiger partial charge in [0.05, 0.1) is 0 Å². The number of hydrogen-bond acceptors (Lipinski definition) is 1. The minimum absolute atomic E-state index is 0.0527. The van der Waals surface area contributed by atoms with Gasteiger partial charge in [-0.3, -0.25) is 4.79 Å². The molecule has 88 valence electrons. The Bertz CT molecular complexity index is 326. The zero-order chi connectivity index (χ0) is 12.4. The van der Waals surface area contributed by atoms with Crippen molar-refractivity contribution in [3.8, 4) is 9.85 Å². The fourth-order valence-corrected chi connectivity index (χ4v) is 1.48. The highest BCUT2D eigenvalue weighted by atomic mass is 127. The molecule has 0 atom stereocenters. The highest BCUT2D eigenvalue weighted by Gasteiger charge is 2.11. The molecule has 0 saturated heterocycles. The summed E-state index contributed by atoms with van der Waals surface area (Å²) in [7, 11) is 0. The summed E-state index contributed by atoms with van der Waals surface area (Å²) in [5.74, 6) is 3.05. The fourth-order valence-electron chi connectivity index (χ4n) is 1.21. The molecule has 16 heavy (non-hydrogen) atoms. The van der Waals surface area contributed by atoms with E-state index in [4.69, 9.17) is 0 Å². The molecule has 1 nitrogen and oxygen atoms in total. The van der Waals surface area contributed by atoms with E-state index < -0.39 is 0 Å². The van der Waals surface area contributed by atoms with Gasteiger partial charge in [-0.15, -0.1) is 0 Å². The molecule has 0 fully saturated rings. The van der Waals surface area contributed by atoms with Crippen molar-refractivity contribution in [2.45, 2.75) is 40.0 Å². The van der Waals surface area contributed by atoms with Crippen LogP contribution in [0.15, 0.2) is 23.8 Å². The summed E-state index contributed by atoms with van der Waals surface area (Å²) in [5.41, 5.74) is 1.42. The van der Waals surface area contributed by atoms with Crippen LogP contribution in [-0.2, 0) is 4.79 Å². The zero-order valence-corrected chi connectivity index (χ0v) is 12.4. The average molecular weight is 330 g/mol. The van der Waals surface area contributed by atoms with Gasteiger partial charge in [0.25, 0.3) is 0 Å². The second kappa shape index (κ2) is 8.58. The van der Waals surface area contributed by atoms with Crippen LogP contribution in [0, 0.1) is 15.3 Å². The third kappa shape index (κ3) is 8.72. The van der Waals surface area contributed by atoms with Gasteiger partial charge in [0.1, 0.15) is 6.29 Å². The maximum Gasteiger partial charge on any atom is 0.142 e. The Balaban J connectivity index is 4.16. The topological polar surface area (TPSA) is 17.1 Å². The summed E-state index contributed by atoms with van der Waals surface area (Å²) in [6.45, 7) is 6.39. The molecule has 0 unspecified atom stereocenters. The van der Waals surface area contributed by atoms with Crippen molar-refractivity contribution >= 4 is 28.9 Å². The van der Waals surface area contributed by atoms with Gasteiger partial charge in [0.2, 0.25) is 0 Å². The van der Waals surface area contributed by atoms with Crippen molar-refractivity contribution in [2.75, 3.05) is 0 Å². The molecule has 0 aliphatic carbocycles. The minimum atomic E-state index is 0.0527. The first-order valence-electron chi connectivity index (χ1n) is 5.39. The van der Waals surface area contributed by atoms with Crippen LogP contribution in [0.2, 0.25) is 0 Å². The molecule has 0 aromatic rings. The van der Waals surface area contributed by atoms with Crippen molar-refractivity contribution in [3.63, 3.8) is 0 Å². The van der Waals surface area contributed by atoms with Crippen LogP contribution in [0.25, 0.3) is 0 Å². The van der Waals surface area contributed by atoms with Crippen LogP contribution in [0.3, 0.4) is 0 Å². The third-order valence-electron chi connectivity index (χ3n) is 2.31. The molecule has 2 heteroatoms. The molecule has 0 N–H and O–H groups in total. The van der Waals surface area contributed by atoms with E-state index in [1.165, 1.54) is 5.57 Å². The number of carbonyl (C=O) groups is 1. The summed E-state index contributed by atoms with van der Waals surface area (Å²) >= 11 is 2.06. The lowest BCUT2D eigenvalue weighted by Gasteiger charge is -2.17. The molecule has 0 rings (SSSR count).